The number of carbonyl (C=O) groups is 3. The summed E-state index contributed by atoms with van der Waals surface area (Å²) in [5, 5.41) is 20.0. The van der Waals surface area contributed by atoms with Gasteiger partial charge in [-0.3, -0.25) is 19.7 Å². The molecule has 3 rings (SSSR count). The zero-order valence-electron chi connectivity index (χ0n) is 23.3. The second kappa shape index (κ2) is 12.4. The summed E-state index contributed by atoms with van der Waals surface area (Å²) in [4.78, 5) is 42.4. The predicted molar refractivity (Wildman–Crippen MR) is 147 cm³/mol. The number of ether oxygens (including phenoxy) is 1. The van der Waals surface area contributed by atoms with E-state index in [1.807, 2.05) is 52.8 Å². The molecule has 1 aliphatic heterocycles. The quantitative estimate of drug-likeness (QED) is 0.313. The van der Waals surface area contributed by atoms with Crippen molar-refractivity contribution in [3.63, 3.8) is 0 Å². The van der Waals surface area contributed by atoms with E-state index in [9.17, 15) is 19.6 Å². The summed E-state index contributed by atoms with van der Waals surface area (Å²) >= 11 is 0. The van der Waals surface area contributed by atoms with Crippen LogP contribution < -0.4 is 20.7 Å². The van der Waals surface area contributed by atoms with Crippen LogP contribution in [0.15, 0.2) is 24.3 Å². The number of nitriles is 1. The van der Waals surface area contributed by atoms with Gasteiger partial charge in [0.15, 0.2) is 5.78 Å². The van der Waals surface area contributed by atoms with Gasteiger partial charge in [-0.1, -0.05) is 19.9 Å². The molecule has 4 unspecified atom stereocenters. The van der Waals surface area contributed by atoms with Crippen LogP contribution in [0.5, 0.6) is 5.75 Å². The molecular formula is C29H41N5O4. The monoisotopic (exact) mass is 523 g/mol. The summed E-state index contributed by atoms with van der Waals surface area (Å²) in [6, 6.07) is 8.34. The van der Waals surface area contributed by atoms with Crippen LogP contribution in [0.2, 0.25) is 0 Å². The number of hydrogen-bond acceptors (Lipinski definition) is 6. The molecule has 9 nitrogen and oxygen atoms in total. The molecular weight excluding hydrogens is 482 g/mol. The minimum absolute atomic E-state index is 0.0275. The van der Waals surface area contributed by atoms with E-state index < -0.39 is 18.0 Å². The lowest BCUT2D eigenvalue weighted by molar-refractivity contribution is -0.127. The Labute approximate surface area is 225 Å². The molecule has 4 atom stereocenters. The van der Waals surface area contributed by atoms with Gasteiger partial charge in [0.1, 0.15) is 11.8 Å². The summed E-state index contributed by atoms with van der Waals surface area (Å²) < 4.78 is 5.41. The molecule has 0 aliphatic carbocycles. The Kier molecular flexibility index (Phi) is 9.55. The van der Waals surface area contributed by atoms with Crippen molar-refractivity contribution in [3.8, 4) is 11.8 Å². The largest absolute Gasteiger partial charge is 0.496 e. The zero-order valence-corrected chi connectivity index (χ0v) is 23.3. The van der Waals surface area contributed by atoms with E-state index in [0.717, 1.165) is 10.9 Å². The molecule has 1 aliphatic rings. The van der Waals surface area contributed by atoms with Gasteiger partial charge in [0.25, 0.3) is 0 Å². The number of rotatable bonds is 12. The first-order chi connectivity index (χ1) is 17.9. The number of Topliss-reactive ketones (excluding diaryl/α,β-unsaturated/α-hetero) is 1. The number of aromatic amines is 1. The summed E-state index contributed by atoms with van der Waals surface area (Å²) in [5.41, 5.74) is 0.845. The van der Waals surface area contributed by atoms with Gasteiger partial charge in [-0.15, -0.1) is 0 Å². The molecule has 2 amide bonds. The van der Waals surface area contributed by atoms with Crippen molar-refractivity contribution in [2.75, 3.05) is 13.7 Å². The van der Waals surface area contributed by atoms with Crippen LogP contribution in [0.25, 0.3) is 10.9 Å². The summed E-state index contributed by atoms with van der Waals surface area (Å²) in [6.45, 7) is 10.5. The van der Waals surface area contributed by atoms with Crippen molar-refractivity contribution in [2.45, 2.75) is 77.9 Å². The van der Waals surface area contributed by atoms with E-state index in [1.54, 1.807) is 13.2 Å². The number of fused-ring (bicyclic) bond motifs is 1. The third-order valence-corrected chi connectivity index (χ3v) is 6.86. The van der Waals surface area contributed by atoms with Gasteiger partial charge in [0.05, 0.1) is 24.9 Å². The molecule has 2 aromatic rings. The van der Waals surface area contributed by atoms with Gasteiger partial charge in [0, 0.05) is 41.2 Å². The fraction of sp³-hybridized carbons (Fsp3) is 0.586. The molecule has 1 fully saturated rings. The molecule has 1 aromatic carbocycles. The average molecular weight is 524 g/mol. The minimum atomic E-state index is -0.691. The Morgan fingerprint density at radius 1 is 1.26 bits per heavy atom. The van der Waals surface area contributed by atoms with Crippen LogP contribution >= 0.6 is 0 Å². The maximum atomic E-state index is 13.6. The van der Waals surface area contributed by atoms with E-state index in [2.05, 4.69) is 27.0 Å². The Morgan fingerprint density at radius 3 is 2.58 bits per heavy atom. The molecule has 206 valence electrons. The second-order valence-corrected chi connectivity index (χ2v) is 11.7. The minimum Gasteiger partial charge on any atom is -0.496 e. The molecule has 1 saturated heterocycles. The van der Waals surface area contributed by atoms with Crippen molar-refractivity contribution >= 4 is 28.5 Å². The predicted octanol–water partition coefficient (Wildman–Crippen LogP) is 3.70. The lowest BCUT2D eigenvalue weighted by atomic mass is 9.88. The lowest BCUT2D eigenvalue weighted by Gasteiger charge is -2.32. The smallest absolute Gasteiger partial charge is 0.223 e. The number of carbonyl (C=O) groups excluding carboxylic acids is 3. The molecule has 38 heavy (non-hydrogen) atoms. The van der Waals surface area contributed by atoms with E-state index in [0.29, 0.717) is 37.3 Å². The Bertz CT molecular complexity index is 1190. The number of hydrogen-bond donors (Lipinski definition) is 4. The van der Waals surface area contributed by atoms with Gasteiger partial charge in [0.2, 0.25) is 11.8 Å². The second-order valence-electron chi connectivity index (χ2n) is 11.7. The normalized spacial score (nSPS) is 18.1. The van der Waals surface area contributed by atoms with Crippen LogP contribution in [0.1, 0.15) is 70.8 Å². The van der Waals surface area contributed by atoms with Gasteiger partial charge in [-0.05, 0) is 64.2 Å². The highest BCUT2D eigenvalue weighted by atomic mass is 16.5. The van der Waals surface area contributed by atoms with Gasteiger partial charge >= 0.3 is 0 Å². The number of nitrogens with zero attached hydrogens (tertiary/aromatic N) is 1. The summed E-state index contributed by atoms with van der Waals surface area (Å²) in [7, 11) is 1.58. The average Bonchev–Trinajstić information content (AvgIpc) is 3.46. The SMILES string of the molecule is COc1cccc2[nH]c(C(=O)CC(CC(C)C)C(=O)NC(CC3CCNC3=O)C(C#N)NC(C)(C)C)cc12. The summed E-state index contributed by atoms with van der Waals surface area (Å²) in [5.74, 6) is -0.503. The third kappa shape index (κ3) is 7.57. The first-order valence-electron chi connectivity index (χ1n) is 13.4. The van der Waals surface area contributed by atoms with E-state index in [1.165, 1.54) is 0 Å². The number of ketones is 1. The van der Waals surface area contributed by atoms with Crippen molar-refractivity contribution in [2.24, 2.45) is 17.8 Å². The standard InChI is InChI=1S/C29H41N5O4/c1-17(2)12-19(14-25(35)23-15-20-21(32-23)8-7-9-26(20)38-6)28(37)33-22(13-18-10-11-31-27(18)36)24(16-30)34-29(3,4)5/h7-9,15,17-19,22,24,32,34H,10-14H2,1-6H3,(H,31,36)(H,33,37). The molecule has 9 heteroatoms. The maximum Gasteiger partial charge on any atom is 0.223 e. The maximum absolute atomic E-state index is 13.6. The number of H-pyrrole nitrogens is 1. The van der Waals surface area contributed by atoms with Crippen LogP contribution in [-0.4, -0.2) is 53.9 Å². The molecule has 0 radical (unpaired) electrons. The van der Waals surface area contributed by atoms with Crippen molar-refractivity contribution in [1.82, 2.24) is 20.9 Å². The molecule has 0 saturated carbocycles. The fourth-order valence-corrected chi connectivity index (χ4v) is 5.09. The molecule has 0 bridgehead atoms. The van der Waals surface area contributed by atoms with Gasteiger partial charge in [-0.2, -0.15) is 5.26 Å². The van der Waals surface area contributed by atoms with Crippen LogP contribution in [0, 0.1) is 29.1 Å². The van der Waals surface area contributed by atoms with Gasteiger partial charge < -0.3 is 20.4 Å². The highest BCUT2D eigenvalue weighted by molar-refractivity contribution is 6.02. The van der Waals surface area contributed by atoms with Crippen molar-refractivity contribution in [1.29, 1.82) is 5.26 Å². The highest BCUT2D eigenvalue weighted by Gasteiger charge is 2.35. The third-order valence-electron chi connectivity index (χ3n) is 6.86. The number of methoxy groups -OCH3 is 1. The zero-order chi connectivity index (χ0) is 28.0. The first kappa shape index (κ1) is 29.2. The van der Waals surface area contributed by atoms with E-state index >= 15 is 0 Å². The number of amides is 2. The summed E-state index contributed by atoms with van der Waals surface area (Å²) in [6.07, 6.45) is 1.56. The molecule has 1 aromatic heterocycles. The van der Waals surface area contributed by atoms with E-state index in [-0.39, 0.29) is 41.4 Å². The first-order valence-corrected chi connectivity index (χ1v) is 13.4. The highest BCUT2D eigenvalue weighted by Crippen LogP contribution is 2.28. The topological polar surface area (TPSA) is 136 Å². The fourth-order valence-electron chi connectivity index (χ4n) is 5.09. The Hall–Kier alpha value is -3.38. The number of aromatic nitrogens is 1. The van der Waals surface area contributed by atoms with Gasteiger partial charge in [-0.25, -0.2) is 0 Å². The molecule has 0 spiro atoms. The lowest BCUT2D eigenvalue weighted by Crippen LogP contribution is -2.56. The van der Waals surface area contributed by atoms with Crippen molar-refractivity contribution < 1.29 is 19.1 Å². The molecule has 2 heterocycles. The number of benzene rings is 1. The van der Waals surface area contributed by atoms with Crippen molar-refractivity contribution in [3.05, 3.63) is 30.0 Å². The van der Waals surface area contributed by atoms with E-state index in [4.69, 9.17) is 4.74 Å². The van der Waals surface area contributed by atoms with Crippen LogP contribution in [0.4, 0.5) is 0 Å². The van der Waals surface area contributed by atoms with Crippen LogP contribution in [-0.2, 0) is 9.59 Å². The Morgan fingerprint density at radius 2 is 2.00 bits per heavy atom. The molecule has 4 N–H and O–H groups in total. The number of nitrogens with one attached hydrogen (secondary N) is 4. The Balaban J connectivity index is 1.82. The van der Waals surface area contributed by atoms with Crippen LogP contribution in [0.3, 0.4) is 0 Å².